The van der Waals surface area contributed by atoms with E-state index in [0.29, 0.717) is 6.42 Å². The highest BCUT2D eigenvalue weighted by Gasteiger charge is 2.13. The van der Waals surface area contributed by atoms with Crippen LogP contribution in [0, 0.1) is 0 Å². The molecule has 0 saturated carbocycles. The molecule has 0 fully saturated rings. The molecule has 80 valence electrons. The van der Waals surface area contributed by atoms with Crippen LogP contribution in [-0.4, -0.2) is 24.7 Å². The van der Waals surface area contributed by atoms with Gasteiger partial charge in [-0.2, -0.15) is 10.2 Å². The summed E-state index contributed by atoms with van der Waals surface area (Å²) in [6.45, 7) is 0. The number of aliphatic hydroxyl groups is 1. The molecule has 1 atom stereocenters. The monoisotopic (exact) mass is 206 g/mol. The minimum Gasteiger partial charge on any atom is -0.386 e. The van der Waals surface area contributed by atoms with Gasteiger partial charge in [0.15, 0.2) is 0 Å². The molecule has 0 bridgehead atoms. The Labute approximate surface area is 88.0 Å². The third-order valence-electron chi connectivity index (χ3n) is 2.37. The summed E-state index contributed by atoms with van der Waals surface area (Å²) in [5.74, 6) is 0. The van der Waals surface area contributed by atoms with Gasteiger partial charge in [0.25, 0.3) is 0 Å². The van der Waals surface area contributed by atoms with Crippen molar-refractivity contribution in [2.24, 2.45) is 14.1 Å². The molecule has 2 rings (SSSR count). The van der Waals surface area contributed by atoms with Crippen LogP contribution in [-0.2, 0) is 20.5 Å². The van der Waals surface area contributed by atoms with E-state index < -0.39 is 6.10 Å². The topological polar surface area (TPSA) is 55.9 Å². The van der Waals surface area contributed by atoms with Gasteiger partial charge in [-0.25, -0.2) is 0 Å². The van der Waals surface area contributed by atoms with Crippen molar-refractivity contribution in [3.05, 3.63) is 35.9 Å². The Bertz CT molecular complexity index is 446. The van der Waals surface area contributed by atoms with E-state index in [9.17, 15) is 5.11 Å². The van der Waals surface area contributed by atoms with Crippen molar-refractivity contribution < 1.29 is 5.11 Å². The summed E-state index contributed by atoms with van der Waals surface area (Å²) in [6, 6.07) is 3.72. The Balaban J connectivity index is 2.10. The Morgan fingerprint density at radius 2 is 2.20 bits per heavy atom. The van der Waals surface area contributed by atoms with E-state index >= 15 is 0 Å². The van der Waals surface area contributed by atoms with Crippen LogP contribution in [0.1, 0.15) is 17.5 Å². The fourth-order valence-electron chi connectivity index (χ4n) is 1.59. The van der Waals surface area contributed by atoms with Gasteiger partial charge in [-0.15, -0.1) is 0 Å². The van der Waals surface area contributed by atoms with Crippen molar-refractivity contribution in [1.82, 2.24) is 19.6 Å². The molecular formula is C10H14N4O. The first-order valence-corrected chi connectivity index (χ1v) is 4.81. The second kappa shape index (κ2) is 3.86. The van der Waals surface area contributed by atoms with Crippen molar-refractivity contribution in [2.75, 3.05) is 0 Å². The zero-order chi connectivity index (χ0) is 10.8. The molecule has 2 heterocycles. The lowest BCUT2D eigenvalue weighted by Gasteiger charge is -2.08. The molecular weight excluding hydrogens is 192 g/mol. The van der Waals surface area contributed by atoms with E-state index in [0.717, 1.165) is 11.4 Å². The van der Waals surface area contributed by atoms with Crippen molar-refractivity contribution in [3.8, 4) is 0 Å². The predicted molar refractivity (Wildman–Crippen MR) is 55.1 cm³/mol. The first-order valence-electron chi connectivity index (χ1n) is 4.81. The number of rotatable bonds is 3. The molecule has 0 aliphatic heterocycles. The van der Waals surface area contributed by atoms with Gasteiger partial charge in [0.2, 0.25) is 0 Å². The molecule has 0 saturated heterocycles. The molecule has 0 amide bonds. The number of aromatic nitrogens is 4. The summed E-state index contributed by atoms with van der Waals surface area (Å²) in [5.41, 5.74) is 1.69. The lowest BCUT2D eigenvalue weighted by Crippen LogP contribution is -2.08. The highest BCUT2D eigenvalue weighted by molar-refractivity contribution is 5.09. The Morgan fingerprint density at radius 3 is 2.73 bits per heavy atom. The van der Waals surface area contributed by atoms with Gasteiger partial charge < -0.3 is 5.11 Å². The normalized spacial score (nSPS) is 13.0. The molecule has 15 heavy (non-hydrogen) atoms. The number of aryl methyl sites for hydroxylation is 2. The maximum absolute atomic E-state index is 9.94. The predicted octanol–water partition coefficient (Wildman–Crippen LogP) is 0.430. The molecule has 0 spiro atoms. The van der Waals surface area contributed by atoms with Crippen molar-refractivity contribution in [1.29, 1.82) is 0 Å². The van der Waals surface area contributed by atoms with Gasteiger partial charge in [-0.1, -0.05) is 0 Å². The van der Waals surface area contributed by atoms with E-state index in [1.807, 2.05) is 32.4 Å². The standard InChI is InChI=1S/C10H14N4O/c1-13-6-4-8(12-13)7-10(15)9-3-5-11-14(9)2/h3-6,10,15H,7H2,1-2H3. The van der Waals surface area contributed by atoms with Crippen LogP contribution in [0.25, 0.3) is 0 Å². The van der Waals surface area contributed by atoms with Crippen molar-refractivity contribution >= 4 is 0 Å². The molecule has 2 aromatic rings. The summed E-state index contributed by atoms with van der Waals surface area (Å²) in [5, 5.41) is 18.2. The lowest BCUT2D eigenvalue weighted by molar-refractivity contribution is 0.167. The summed E-state index contributed by atoms with van der Waals surface area (Å²) in [7, 11) is 3.68. The third-order valence-corrected chi connectivity index (χ3v) is 2.37. The van der Waals surface area contributed by atoms with E-state index in [1.165, 1.54) is 0 Å². The fourth-order valence-corrected chi connectivity index (χ4v) is 1.59. The number of aliphatic hydroxyl groups excluding tert-OH is 1. The number of nitrogens with zero attached hydrogens (tertiary/aromatic N) is 4. The van der Waals surface area contributed by atoms with E-state index in [4.69, 9.17) is 0 Å². The van der Waals surface area contributed by atoms with Crippen LogP contribution >= 0.6 is 0 Å². The second-order valence-electron chi connectivity index (χ2n) is 3.58. The number of hydrogen-bond acceptors (Lipinski definition) is 3. The van der Waals surface area contributed by atoms with Gasteiger partial charge in [0.05, 0.1) is 11.4 Å². The average molecular weight is 206 g/mol. The maximum atomic E-state index is 9.94. The zero-order valence-electron chi connectivity index (χ0n) is 8.83. The lowest BCUT2D eigenvalue weighted by atomic mass is 10.1. The molecule has 1 unspecified atom stereocenters. The Morgan fingerprint density at radius 1 is 1.40 bits per heavy atom. The van der Waals surface area contributed by atoms with Crippen LogP contribution in [0.4, 0.5) is 0 Å². The van der Waals surface area contributed by atoms with Gasteiger partial charge >= 0.3 is 0 Å². The van der Waals surface area contributed by atoms with E-state index in [2.05, 4.69) is 10.2 Å². The molecule has 0 aliphatic carbocycles. The molecule has 0 aliphatic rings. The van der Waals surface area contributed by atoms with Gasteiger partial charge in [0.1, 0.15) is 6.10 Å². The molecule has 0 radical (unpaired) electrons. The van der Waals surface area contributed by atoms with Gasteiger partial charge in [-0.3, -0.25) is 9.36 Å². The van der Waals surface area contributed by atoms with Crippen LogP contribution in [0.2, 0.25) is 0 Å². The summed E-state index contributed by atoms with van der Waals surface area (Å²) in [6.07, 6.45) is 3.51. The van der Waals surface area contributed by atoms with Crippen LogP contribution in [0.5, 0.6) is 0 Å². The summed E-state index contributed by atoms with van der Waals surface area (Å²) < 4.78 is 3.40. The van der Waals surface area contributed by atoms with Gasteiger partial charge in [0, 0.05) is 32.9 Å². The van der Waals surface area contributed by atoms with Crippen LogP contribution in [0.15, 0.2) is 24.5 Å². The Hall–Kier alpha value is -1.62. The fraction of sp³-hybridized carbons (Fsp3) is 0.400. The molecule has 0 aromatic carbocycles. The van der Waals surface area contributed by atoms with Crippen molar-refractivity contribution in [3.63, 3.8) is 0 Å². The van der Waals surface area contributed by atoms with E-state index in [1.54, 1.807) is 15.6 Å². The smallest absolute Gasteiger partial charge is 0.101 e. The minimum atomic E-state index is -0.549. The molecule has 1 N–H and O–H groups in total. The highest BCUT2D eigenvalue weighted by atomic mass is 16.3. The molecule has 2 aromatic heterocycles. The third kappa shape index (κ3) is 2.07. The average Bonchev–Trinajstić information content (AvgIpc) is 2.75. The van der Waals surface area contributed by atoms with E-state index in [-0.39, 0.29) is 0 Å². The SMILES string of the molecule is Cn1ccc(CC(O)c2ccnn2C)n1. The summed E-state index contributed by atoms with van der Waals surface area (Å²) >= 11 is 0. The summed E-state index contributed by atoms with van der Waals surface area (Å²) in [4.78, 5) is 0. The molecule has 5 heteroatoms. The first-order chi connectivity index (χ1) is 7.16. The van der Waals surface area contributed by atoms with Crippen LogP contribution in [0.3, 0.4) is 0 Å². The molecule has 5 nitrogen and oxygen atoms in total. The van der Waals surface area contributed by atoms with Crippen molar-refractivity contribution in [2.45, 2.75) is 12.5 Å². The zero-order valence-corrected chi connectivity index (χ0v) is 8.83. The number of hydrogen-bond donors (Lipinski definition) is 1. The Kier molecular flexibility index (Phi) is 2.55. The highest BCUT2D eigenvalue weighted by Crippen LogP contribution is 2.15. The largest absolute Gasteiger partial charge is 0.386 e. The quantitative estimate of drug-likeness (QED) is 0.792. The van der Waals surface area contributed by atoms with Crippen LogP contribution < -0.4 is 0 Å². The maximum Gasteiger partial charge on any atom is 0.101 e. The second-order valence-corrected chi connectivity index (χ2v) is 3.58. The van der Waals surface area contributed by atoms with Gasteiger partial charge in [-0.05, 0) is 12.1 Å². The first kappa shape index (κ1) is 9.92. The minimum absolute atomic E-state index is 0.514.